The lowest BCUT2D eigenvalue weighted by Crippen LogP contribution is -2.11. The molecule has 11 aromatic carbocycles. The van der Waals surface area contributed by atoms with Crippen LogP contribution in [0.1, 0.15) is 0 Å². The van der Waals surface area contributed by atoms with E-state index in [1.165, 1.54) is 86.9 Å². The van der Waals surface area contributed by atoms with E-state index >= 15 is 0 Å². The molecule has 0 saturated carbocycles. The maximum absolute atomic E-state index is 2.49. The van der Waals surface area contributed by atoms with Gasteiger partial charge in [-0.05, 0) is 113 Å². The van der Waals surface area contributed by atoms with Crippen LogP contribution in [0.2, 0.25) is 0 Å². The van der Waals surface area contributed by atoms with Gasteiger partial charge >= 0.3 is 0 Å². The van der Waals surface area contributed by atoms with Gasteiger partial charge in [0.25, 0.3) is 0 Å². The van der Waals surface area contributed by atoms with E-state index in [-0.39, 0.29) is 0 Å². The summed E-state index contributed by atoms with van der Waals surface area (Å²) >= 11 is 0. The summed E-state index contributed by atoms with van der Waals surface area (Å²) in [6, 6.07) is 78.0. The van der Waals surface area contributed by atoms with Gasteiger partial charge in [-0.15, -0.1) is 0 Å². The molecule has 0 N–H and O–H groups in total. The number of benzene rings is 11. The van der Waals surface area contributed by atoms with E-state index in [0.717, 1.165) is 17.1 Å². The van der Waals surface area contributed by atoms with Gasteiger partial charge in [-0.3, -0.25) is 0 Å². The van der Waals surface area contributed by atoms with Crippen LogP contribution in [-0.2, 0) is 0 Å². The molecule has 1 heteroatoms. The second-order valence-electron chi connectivity index (χ2n) is 14.5. The number of hydrogen-bond acceptors (Lipinski definition) is 1. The van der Waals surface area contributed by atoms with Gasteiger partial charge < -0.3 is 4.90 Å². The summed E-state index contributed by atoms with van der Waals surface area (Å²) in [4.78, 5) is 2.49. The standard InChI is InChI=1S/C54H35N/c1-2-14-36(15-3-1)41-32-39-17-6-9-21-45(39)53(34-41)55(54-33-40-18-5-8-20-44(40)46-22-12-13-25-50(46)54)42-29-26-38(27-30-42)51-35-52-43-19-7-4-16-37(43)28-31-49(52)47-23-10-11-24-48(47)51/h1-35H. The zero-order valence-electron chi connectivity index (χ0n) is 30.2. The first kappa shape index (κ1) is 31.3. The van der Waals surface area contributed by atoms with Crippen molar-refractivity contribution in [2.75, 3.05) is 4.90 Å². The van der Waals surface area contributed by atoms with Crippen molar-refractivity contribution in [1.82, 2.24) is 0 Å². The summed E-state index contributed by atoms with van der Waals surface area (Å²) in [5.41, 5.74) is 8.23. The molecule has 1 nitrogen and oxygen atoms in total. The third-order valence-corrected chi connectivity index (χ3v) is 11.4. The van der Waals surface area contributed by atoms with Crippen molar-refractivity contribution in [3.63, 3.8) is 0 Å². The van der Waals surface area contributed by atoms with Crippen LogP contribution in [0, 0.1) is 0 Å². The Hall–Kier alpha value is -7.22. The van der Waals surface area contributed by atoms with Gasteiger partial charge in [0.15, 0.2) is 0 Å². The second-order valence-corrected chi connectivity index (χ2v) is 14.5. The highest BCUT2D eigenvalue weighted by Crippen LogP contribution is 2.46. The van der Waals surface area contributed by atoms with E-state index in [0.29, 0.717) is 0 Å². The van der Waals surface area contributed by atoms with Crippen LogP contribution in [0.25, 0.3) is 86.9 Å². The highest BCUT2D eigenvalue weighted by Gasteiger charge is 2.21. The lowest BCUT2D eigenvalue weighted by Gasteiger charge is -2.29. The minimum absolute atomic E-state index is 1.11. The van der Waals surface area contributed by atoms with Crippen LogP contribution in [0.3, 0.4) is 0 Å². The van der Waals surface area contributed by atoms with Crippen molar-refractivity contribution in [2.24, 2.45) is 0 Å². The number of anilines is 3. The molecule has 0 unspecified atom stereocenters. The van der Waals surface area contributed by atoms with Crippen LogP contribution in [0.5, 0.6) is 0 Å². The Labute approximate surface area is 320 Å². The first-order chi connectivity index (χ1) is 27.3. The highest BCUT2D eigenvalue weighted by molar-refractivity contribution is 6.21. The van der Waals surface area contributed by atoms with Crippen molar-refractivity contribution >= 4 is 81.7 Å². The molecule has 0 amide bonds. The molecule has 0 bridgehead atoms. The van der Waals surface area contributed by atoms with Gasteiger partial charge in [-0.25, -0.2) is 0 Å². The molecule has 0 atom stereocenters. The largest absolute Gasteiger partial charge is 0.309 e. The Morgan fingerprint density at radius 1 is 0.236 bits per heavy atom. The molecule has 11 aromatic rings. The van der Waals surface area contributed by atoms with E-state index in [1.807, 2.05) is 0 Å². The van der Waals surface area contributed by atoms with E-state index in [2.05, 4.69) is 217 Å². The third kappa shape index (κ3) is 5.16. The van der Waals surface area contributed by atoms with Crippen LogP contribution < -0.4 is 4.90 Å². The van der Waals surface area contributed by atoms with Crippen LogP contribution >= 0.6 is 0 Å². The fourth-order valence-corrected chi connectivity index (χ4v) is 8.79. The maximum Gasteiger partial charge on any atom is 0.0546 e. The van der Waals surface area contributed by atoms with Gasteiger partial charge in [0.1, 0.15) is 0 Å². The Morgan fingerprint density at radius 3 is 1.47 bits per heavy atom. The molecule has 55 heavy (non-hydrogen) atoms. The van der Waals surface area contributed by atoms with Gasteiger partial charge in [0.2, 0.25) is 0 Å². The fraction of sp³-hybridized carbons (Fsp3) is 0. The van der Waals surface area contributed by atoms with Crippen molar-refractivity contribution in [2.45, 2.75) is 0 Å². The van der Waals surface area contributed by atoms with Crippen molar-refractivity contribution in [3.05, 3.63) is 212 Å². The third-order valence-electron chi connectivity index (χ3n) is 11.4. The first-order valence-electron chi connectivity index (χ1n) is 19.0. The van der Waals surface area contributed by atoms with Crippen molar-refractivity contribution < 1.29 is 0 Å². The minimum Gasteiger partial charge on any atom is -0.309 e. The zero-order chi connectivity index (χ0) is 36.3. The second kappa shape index (κ2) is 12.7. The Kier molecular flexibility index (Phi) is 7.25. The number of rotatable bonds is 5. The molecule has 11 rings (SSSR count). The van der Waals surface area contributed by atoms with Gasteiger partial charge in [-0.2, -0.15) is 0 Å². The molecule has 0 heterocycles. The summed E-state index contributed by atoms with van der Waals surface area (Å²) < 4.78 is 0. The molecule has 0 fully saturated rings. The average Bonchev–Trinajstić information content (AvgIpc) is 3.26. The Morgan fingerprint density at radius 2 is 0.745 bits per heavy atom. The lowest BCUT2D eigenvalue weighted by atomic mass is 9.91. The smallest absolute Gasteiger partial charge is 0.0546 e. The fourth-order valence-electron chi connectivity index (χ4n) is 8.79. The first-order valence-corrected chi connectivity index (χ1v) is 19.0. The number of fused-ring (bicyclic) bond motifs is 9. The highest BCUT2D eigenvalue weighted by atomic mass is 15.1. The average molecular weight is 698 g/mol. The van der Waals surface area contributed by atoms with Gasteiger partial charge in [0.05, 0.1) is 11.4 Å². The summed E-state index contributed by atoms with van der Waals surface area (Å²) in [7, 11) is 0. The summed E-state index contributed by atoms with van der Waals surface area (Å²) in [6.45, 7) is 0. The topological polar surface area (TPSA) is 3.24 Å². The van der Waals surface area contributed by atoms with Crippen LogP contribution in [0.4, 0.5) is 17.1 Å². The van der Waals surface area contributed by atoms with Crippen molar-refractivity contribution in [3.8, 4) is 22.3 Å². The molecule has 0 saturated heterocycles. The predicted octanol–water partition coefficient (Wildman–Crippen LogP) is 15.4. The number of hydrogen-bond donors (Lipinski definition) is 0. The molecule has 0 aliphatic rings. The van der Waals surface area contributed by atoms with Gasteiger partial charge in [-0.1, -0.05) is 176 Å². The summed E-state index contributed by atoms with van der Waals surface area (Å²) in [6.07, 6.45) is 0. The van der Waals surface area contributed by atoms with Crippen LogP contribution in [-0.4, -0.2) is 0 Å². The molecule has 256 valence electrons. The Balaban J connectivity index is 1.18. The zero-order valence-corrected chi connectivity index (χ0v) is 30.2. The van der Waals surface area contributed by atoms with Crippen molar-refractivity contribution in [1.29, 1.82) is 0 Å². The molecule has 0 aliphatic carbocycles. The SMILES string of the molecule is c1ccc(-c2cc(N(c3ccc(-c4cc5c6ccccc6ccc5c5ccccc45)cc3)c3cc4ccccc4c4ccccc34)c3ccccc3c2)cc1. The monoisotopic (exact) mass is 697 g/mol. The molecule has 0 aliphatic heterocycles. The molecule has 0 aromatic heterocycles. The van der Waals surface area contributed by atoms with E-state index in [9.17, 15) is 0 Å². The molecular weight excluding hydrogens is 663 g/mol. The minimum atomic E-state index is 1.11. The normalized spacial score (nSPS) is 11.6. The van der Waals surface area contributed by atoms with Gasteiger partial charge in [0, 0.05) is 16.5 Å². The maximum atomic E-state index is 2.49. The summed E-state index contributed by atoms with van der Waals surface area (Å²) in [5.74, 6) is 0. The summed E-state index contributed by atoms with van der Waals surface area (Å²) in [5, 5.41) is 15.0. The number of nitrogens with zero attached hydrogens (tertiary/aromatic N) is 1. The predicted molar refractivity (Wildman–Crippen MR) is 237 cm³/mol. The lowest BCUT2D eigenvalue weighted by molar-refractivity contribution is 1.32. The van der Waals surface area contributed by atoms with E-state index in [4.69, 9.17) is 0 Å². The van der Waals surface area contributed by atoms with E-state index in [1.54, 1.807) is 0 Å². The molecule has 0 spiro atoms. The van der Waals surface area contributed by atoms with E-state index < -0.39 is 0 Å². The molecular formula is C54H35N. The quantitative estimate of drug-likeness (QED) is 0.162. The Bertz CT molecular complexity index is 3250. The molecule has 0 radical (unpaired) electrons. The van der Waals surface area contributed by atoms with Crippen LogP contribution in [0.15, 0.2) is 212 Å².